The molecule has 1 aromatic carbocycles. The highest BCUT2D eigenvalue weighted by atomic mass is 35.5. The lowest BCUT2D eigenvalue weighted by Gasteiger charge is -2.33. The van der Waals surface area contributed by atoms with E-state index in [1.54, 1.807) is 4.90 Å². The summed E-state index contributed by atoms with van der Waals surface area (Å²) in [5, 5.41) is 0. The highest BCUT2D eigenvalue weighted by Crippen LogP contribution is 2.21. The Hall–Kier alpha value is -1.79. The second-order valence-electron chi connectivity index (χ2n) is 5.41. The quantitative estimate of drug-likeness (QED) is 0.846. The van der Waals surface area contributed by atoms with E-state index in [0.29, 0.717) is 25.9 Å². The summed E-state index contributed by atoms with van der Waals surface area (Å²) in [5.41, 5.74) is 6.81. The third kappa shape index (κ3) is 5.41. The number of benzene rings is 1. The Morgan fingerprint density at radius 2 is 1.87 bits per heavy atom. The predicted molar refractivity (Wildman–Crippen MR) is 88.2 cm³/mol. The minimum absolute atomic E-state index is 0. The molecule has 1 saturated heterocycles. The van der Waals surface area contributed by atoms with Crippen molar-refractivity contribution in [2.24, 2.45) is 11.7 Å². The molecule has 1 aromatic rings. The zero-order valence-electron chi connectivity index (χ0n) is 13.1. The SMILES string of the molecule is COC(=O)C(N)C1CCN(C(=O)OCc2ccccc2)CC1.Cl. The summed E-state index contributed by atoms with van der Waals surface area (Å²) in [6, 6.07) is 8.93. The summed E-state index contributed by atoms with van der Waals surface area (Å²) >= 11 is 0. The number of carbonyl (C=O) groups is 2. The minimum Gasteiger partial charge on any atom is -0.468 e. The number of carbonyl (C=O) groups excluding carboxylic acids is 2. The first-order chi connectivity index (χ1) is 10.6. The van der Waals surface area contributed by atoms with Gasteiger partial charge < -0.3 is 20.1 Å². The smallest absolute Gasteiger partial charge is 0.410 e. The van der Waals surface area contributed by atoms with Gasteiger partial charge >= 0.3 is 12.1 Å². The number of nitrogens with zero attached hydrogens (tertiary/aromatic N) is 1. The van der Waals surface area contributed by atoms with Gasteiger partial charge in [-0.1, -0.05) is 30.3 Å². The molecule has 2 rings (SSSR count). The molecule has 1 fully saturated rings. The van der Waals surface area contributed by atoms with Crippen molar-refractivity contribution in [3.8, 4) is 0 Å². The summed E-state index contributed by atoms with van der Waals surface area (Å²) < 4.78 is 9.95. The number of rotatable bonds is 4. The molecule has 1 aliphatic rings. The van der Waals surface area contributed by atoms with Crippen LogP contribution in [0.15, 0.2) is 30.3 Å². The highest BCUT2D eigenvalue weighted by Gasteiger charge is 2.31. The molecule has 0 radical (unpaired) electrons. The van der Waals surface area contributed by atoms with Gasteiger partial charge in [-0.2, -0.15) is 0 Å². The van der Waals surface area contributed by atoms with Crippen LogP contribution in [0, 0.1) is 5.92 Å². The lowest BCUT2D eigenvalue weighted by atomic mass is 9.90. The molecule has 0 aromatic heterocycles. The average Bonchev–Trinajstić information content (AvgIpc) is 2.59. The topological polar surface area (TPSA) is 81.9 Å². The molecule has 7 heteroatoms. The summed E-state index contributed by atoms with van der Waals surface area (Å²) in [4.78, 5) is 25.1. The van der Waals surface area contributed by atoms with Crippen molar-refractivity contribution in [2.75, 3.05) is 20.2 Å². The van der Waals surface area contributed by atoms with Gasteiger partial charge in [-0.05, 0) is 24.3 Å². The van der Waals surface area contributed by atoms with Crippen molar-refractivity contribution < 1.29 is 19.1 Å². The van der Waals surface area contributed by atoms with Crippen LogP contribution < -0.4 is 5.73 Å². The maximum atomic E-state index is 12.0. The van der Waals surface area contributed by atoms with Crippen LogP contribution in [0.2, 0.25) is 0 Å². The molecule has 0 saturated carbocycles. The van der Waals surface area contributed by atoms with Crippen molar-refractivity contribution in [3.63, 3.8) is 0 Å². The van der Waals surface area contributed by atoms with E-state index in [0.717, 1.165) is 5.56 Å². The van der Waals surface area contributed by atoms with E-state index in [2.05, 4.69) is 4.74 Å². The van der Waals surface area contributed by atoms with Crippen LogP contribution in [-0.4, -0.2) is 43.2 Å². The van der Waals surface area contributed by atoms with Crippen molar-refractivity contribution in [1.82, 2.24) is 4.90 Å². The number of esters is 1. The molecule has 1 unspecified atom stereocenters. The van der Waals surface area contributed by atoms with Crippen LogP contribution in [0.5, 0.6) is 0 Å². The molecular formula is C16H23ClN2O4. The van der Waals surface area contributed by atoms with Gasteiger partial charge in [0.2, 0.25) is 0 Å². The van der Waals surface area contributed by atoms with E-state index in [9.17, 15) is 9.59 Å². The van der Waals surface area contributed by atoms with Gasteiger partial charge in [-0.3, -0.25) is 4.79 Å². The van der Waals surface area contributed by atoms with Gasteiger partial charge in [0.25, 0.3) is 0 Å². The molecule has 1 heterocycles. The molecule has 1 amide bonds. The third-order valence-electron chi connectivity index (χ3n) is 3.98. The molecule has 0 spiro atoms. The molecule has 6 nitrogen and oxygen atoms in total. The van der Waals surface area contributed by atoms with Crippen molar-refractivity contribution in [1.29, 1.82) is 0 Å². The van der Waals surface area contributed by atoms with Gasteiger partial charge in [-0.15, -0.1) is 12.4 Å². The van der Waals surface area contributed by atoms with Gasteiger partial charge in [0, 0.05) is 13.1 Å². The highest BCUT2D eigenvalue weighted by molar-refractivity contribution is 5.85. The van der Waals surface area contributed by atoms with E-state index in [4.69, 9.17) is 10.5 Å². The Bertz CT molecular complexity index is 504. The summed E-state index contributed by atoms with van der Waals surface area (Å²) in [6.45, 7) is 1.35. The normalized spacial score (nSPS) is 16.2. The monoisotopic (exact) mass is 342 g/mol. The standard InChI is InChI=1S/C16H22N2O4.ClH/c1-21-15(19)14(17)13-7-9-18(10-8-13)16(20)22-11-12-5-3-2-4-6-12;/h2-6,13-14H,7-11,17H2,1H3;1H. The first kappa shape index (κ1) is 19.3. The lowest BCUT2D eigenvalue weighted by molar-refractivity contribution is -0.143. The number of ether oxygens (including phenoxy) is 2. The minimum atomic E-state index is -0.618. The fraction of sp³-hybridized carbons (Fsp3) is 0.500. The number of likely N-dealkylation sites (tertiary alicyclic amines) is 1. The second kappa shape index (κ2) is 9.37. The predicted octanol–water partition coefficient (Wildman–Crippen LogP) is 1.96. The Morgan fingerprint density at radius 1 is 1.26 bits per heavy atom. The van der Waals surface area contributed by atoms with Crippen LogP contribution >= 0.6 is 12.4 Å². The summed E-state index contributed by atoms with van der Waals surface area (Å²) in [7, 11) is 1.33. The van der Waals surface area contributed by atoms with E-state index >= 15 is 0 Å². The van der Waals surface area contributed by atoms with Crippen LogP contribution in [0.4, 0.5) is 4.79 Å². The summed E-state index contributed by atoms with van der Waals surface area (Å²) in [5.74, 6) is -0.351. The van der Waals surface area contributed by atoms with Crippen molar-refractivity contribution in [3.05, 3.63) is 35.9 Å². The van der Waals surface area contributed by atoms with Gasteiger partial charge in [0.1, 0.15) is 12.6 Å². The lowest BCUT2D eigenvalue weighted by Crippen LogP contribution is -2.46. The Labute approximate surface area is 142 Å². The van der Waals surface area contributed by atoms with E-state index in [1.807, 2.05) is 30.3 Å². The molecule has 23 heavy (non-hydrogen) atoms. The molecule has 0 bridgehead atoms. The molecule has 0 aliphatic carbocycles. The van der Waals surface area contributed by atoms with Crippen LogP contribution in [0.1, 0.15) is 18.4 Å². The van der Waals surface area contributed by atoms with E-state index in [1.165, 1.54) is 7.11 Å². The zero-order chi connectivity index (χ0) is 15.9. The number of hydrogen-bond donors (Lipinski definition) is 1. The van der Waals surface area contributed by atoms with Gasteiger partial charge in [-0.25, -0.2) is 4.79 Å². The van der Waals surface area contributed by atoms with Crippen LogP contribution in [0.3, 0.4) is 0 Å². The zero-order valence-corrected chi connectivity index (χ0v) is 14.0. The molecule has 1 aliphatic heterocycles. The molecular weight excluding hydrogens is 320 g/mol. The number of nitrogens with two attached hydrogens (primary N) is 1. The summed E-state index contributed by atoms with van der Waals surface area (Å²) in [6.07, 6.45) is 1.03. The van der Waals surface area contributed by atoms with Crippen molar-refractivity contribution in [2.45, 2.75) is 25.5 Å². The number of amides is 1. The fourth-order valence-corrected chi connectivity index (χ4v) is 2.58. The van der Waals surface area contributed by atoms with Crippen molar-refractivity contribution >= 4 is 24.5 Å². The Morgan fingerprint density at radius 3 is 2.43 bits per heavy atom. The number of methoxy groups -OCH3 is 1. The van der Waals surface area contributed by atoms with Crippen LogP contribution in [0.25, 0.3) is 0 Å². The Balaban J connectivity index is 0.00000264. The van der Waals surface area contributed by atoms with Gasteiger partial charge in [0.05, 0.1) is 7.11 Å². The van der Waals surface area contributed by atoms with Crippen LogP contribution in [-0.2, 0) is 20.9 Å². The maximum Gasteiger partial charge on any atom is 0.410 e. The number of piperidine rings is 1. The third-order valence-corrected chi connectivity index (χ3v) is 3.98. The first-order valence-electron chi connectivity index (χ1n) is 7.41. The van der Waals surface area contributed by atoms with E-state index < -0.39 is 12.0 Å². The number of halogens is 1. The molecule has 128 valence electrons. The molecule has 2 N–H and O–H groups in total. The first-order valence-corrected chi connectivity index (χ1v) is 7.41. The molecule has 1 atom stereocenters. The average molecular weight is 343 g/mol. The largest absolute Gasteiger partial charge is 0.468 e. The van der Waals surface area contributed by atoms with Gasteiger partial charge in [0.15, 0.2) is 0 Å². The Kier molecular flexibility index (Phi) is 7.85. The second-order valence-corrected chi connectivity index (χ2v) is 5.41. The fourth-order valence-electron chi connectivity index (χ4n) is 2.58. The number of hydrogen-bond acceptors (Lipinski definition) is 5. The van der Waals surface area contributed by atoms with E-state index in [-0.39, 0.29) is 31.0 Å². The maximum absolute atomic E-state index is 12.0.